The summed E-state index contributed by atoms with van der Waals surface area (Å²) in [5.41, 5.74) is -0.462. The van der Waals surface area contributed by atoms with Crippen LogP contribution in [0, 0.1) is 4.91 Å². The molecule has 0 bridgehead atoms. The summed E-state index contributed by atoms with van der Waals surface area (Å²) in [5, 5.41) is 2.68. The summed E-state index contributed by atoms with van der Waals surface area (Å²) in [6.07, 6.45) is 0.236. The number of nitrogens with zero attached hydrogens (tertiary/aromatic N) is 1. The molecule has 136 valence electrons. The quantitative estimate of drug-likeness (QED) is 0.255. The van der Waals surface area contributed by atoms with Crippen molar-refractivity contribution in [2.75, 3.05) is 59.4 Å². The topological polar surface area (TPSA) is 92.7 Å². The van der Waals surface area contributed by atoms with Gasteiger partial charge in [-0.15, -0.1) is 0 Å². The zero-order valence-electron chi connectivity index (χ0n) is 14.4. The summed E-state index contributed by atoms with van der Waals surface area (Å²) in [7, 11) is 0. The van der Waals surface area contributed by atoms with Crippen molar-refractivity contribution in [2.24, 2.45) is 5.18 Å². The highest BCUT2D eigenvalue weighted by molar-refractivity contribution is 5.69. The van der Waals surface area contributed by atoms with Crippen LogP contribution in [0.2, 0.25) is 0 Å². The minimum Gasteiger partial charge on any atom is -0.460 e. The number of carbonyl (C=O) groups excluding carboxylic acids is 1. The van der Waals surface area contributed by atoms with E-state index in [2.05, 4.69) is 5.18 Å². The van der Waals surface area contributed by atoms with Crippen LogP contribution in [0.15, 0.2) is 5.18 Å². The van der Waals surface area contributed by atoms with Crippen LogP contribution in [-0.2, 0) is 28.5 Å². The van der Waals surface area contributed by atoms with Crippen molar-refractivity contribution in [1.82, 2.24) is 0 Å². The van der Waals surface area contributed by atoms with Crippen LogP contribution in [0.5, 0.6) is 0 Å². The normalized spacial score (nSPS) is 11.4. The summed E-state index contributed by atoms with van der Waals surface area (Å²) < 4.78 is 26.1. The average molecular weight is 335 g/mol. The number of nitroso groups, excluding NO2 is 1. The van der Waals surface area contributed by atoms with Crippen LogP contribution in [0.25, 0.3) is 0 Å². The van der Waals surface area contributed by atoms with Gasteiger partial charge in [0.1, 0.15) is 12.1 Å². The van der Waals surface area contributed by atoms with E-state index in [1.807, 2.05) is 20.8 Å². The van der Waals surface area contributed by atoms with Crippen molar-refractivity contribution in [3.8, 4) is 0 Å². The number of rotatable bonds is 15. The zero-order chi connectivity index (χ0) is 17.4. The van der Waals surface area contributed by atoms with Crippen molar-refractivity contribution in [1.29, 1.82) is 0 Å². The number of hydrogen-bond donors (Lipinski definition) is 0. The van der Waals surface area contributed by atoms with Crippen molar-refractivity contribution in [3.05, 3.63) is 4.91 Å². The summed E-state index contributed by atoms with van der Waals surface area (Å²) in [4.78, 5) is 21.2. The molecule has 0 aromatic rings. The van der Waals surface area contributed by atoms with Gasteiger partial charge in [-0.2, -0.15) is 4.91 Å². The second-order valence-electron chi connectivity index (χ2n) is 5.64. The van der Waals surface area contributed by atoms with E-state index in [4.69, 9.17) is 23.7 Å². The van der Waals surface area contributed by atoms with Gasteiger partial charge < -0.3 is 23.7 Å². The Kier molecular flexibility index (Phi) is 13.8. The van der Waals surface area contributed by atoms with Gasteiger partial charge in [0.25, 0.3) is 0 Å². The maximum Gasteiger partial charge on any atom is 0.308 e. The van der Waals surface area contributed by atoms with E-state index in [1.165, 1.54) is 0 Å². The number of ether oxygens (including phenoxy) is 5. The van der Waals surface area contributed by atoms with Gasteiger partial charge in [-0.05, 0) is 20.8 Å². The standard InChI is InChI=1S/C15H29NO7/c1-15(2,3)23-14(17)4-6-19-8-10-21-12-13-22-11-9-20-7-5-16-18/h4-13H2,1-3H3. The molecule has 0 aromatic heterocycles. The average Bonchev–Trinajstić information content (AvgIpc) is 2.46. The first-order valence-corrected chi connectivity index (χ1v) is 7.77. The van der Waals surface area contributed by atoms with Gasteiger partial charge in [-0.3, -0.25) is 4.79 Å². The Morgan fingerprint density at radius 2 is 1.22 bits per heavy atom. The summed E-state index contributed by atoms with van der Waals surface area (Å²) in [6.45, 7) is 8.98. The van der Waals surface area contributed by atoms with Gasteiger partial charge in [0, 0.05) is 0 Å². The molecule has 0 saturated heterocycles. The smallest absolute Gasteiger partial charge is 0.308 e. The Labute approximate surface area is 137 Å². The minimum atomic E-state index is -0.462. The van der Waals surface area contributed by atoms with Crippen LogP contribution in [0.3, 0.4) is 0 Å². The Bertz CT molecular complexity index is 305. The molecule has 8 nitrogen and oxygen atoms in total. The lowest BCUT2D eigenvalue weighted by Gasteiger charge is -2.19. The highest BCUT2D eigenvalue weighted by atomic mass is 16.6. The fourth-order valence-corrected chi connectivity index (χ4v) is 1.41. The summed E-state index contributed by atoms with van der Waals surface area (Å²) in [6, 6.07) is 0. The van der Waals surface area contributed by atoms with E-state index in [0.717, 1.165) is 0 Å². The van der Waals surface area contributed by atoms with Crippen LogP contribution < -0.4 is 0 Å². The lowest BCUT2D eigenvalue weighted by atomic mass is 10.2. The molecule has 23 heavy (non-hydrogen) atoms. The lowest BCUT2D eigenvalue weighted by Crippen LogP contribution is -2.24. The third-order valence-electron chi connectivity index (χ3n) is 2.31. The fraction of sp³-hybridized carbons (Fsp3) is 0.933. The third kappa shape index (κ3) is 18.9. The largest absolute Gasteiger partial charge is 0.460 e. The molecule has 0 aliphatic carbocycles. The molecule has 0 amide bonds. The molecular formula is C15H29NO7. The highest BCUT2D eigenvalue weighted by Crippen LogP contribution is 2.07. The van der Waals surface area contributed by atoms with E-state index in [0.29, 0.717) is 52.9 Å². The van der Waals surface area contributed by atoms with Gasteiger partial charge in [-0.1, -0.05) is 5.18 Å². The molecule has 0 spiro atoms. The molecule has 0 rings (SSSR count). The Morgan fingerprint density at radius 1 is 0.783 bits per heavy atom. The van der Waals surface area contributed by atoms with Crippen molar-refractivity contribution < 1.29 is 28.5 Å². The van der Waals surface area contributed by atoms with Gasteiger partial charge in [-0.25, -0.2) is 0 Å². The molecule has 0 aromatic carbocycles. The summed E-state index contributed by atoms with van der Waals surface area (Å²) >= 11 is 0. The van der Waals surface area contributed by atoms with Gasteiger partial charge in [0.05, 0.1) is 59.3 Å². The highest BCUT2D eigenvalue weighted by Gasteiger charge is 2.15. The molecule has 0 N–H and O–H groups in total. The molecule has 0 aliphatic rings. The van der Waals surface area contributed by atoms with E-state index < -0.39 is 5.60 Å². The lowest BCUT2D eigenvalue weighted by molar-refractivity contribution is -0.156. The maximum absolute atomic E-state index is 11.4. The monoisotopic (exact) mass is 335 g/mol. The molecule has 0 atom stereocenters. The molecular weight excluding hydrogens is 306 g/mol. The van der Waals surface area contributed by atoms with E-state index in [1.54, 1.807) is 0 Å². The number of hydrogen-bond acceptors (Lipinski definition) is 8. The third-order valence-corrected chi connectivity index (χ3v) is 2.31. The van der Waals surface area contributed by atoms with Crippen molar-refractivity contribution in [3.63, 3.8) is 0 Å². The molecule has 0 fully saturated rings. The second-order valence-corrected chi connectivity index (χ2v) is 5.64. The van der Waals surface area contributed by atoms with E-state index in [9.17, 15) is 9.70 Å². The molecule has 8 heteroatoms. The Morgan fingerprint density at radius 3 is 1.65 bits per heavy atom. The van der Waals surface area contributed by atoms with Crippen molar-refractivity contribution >= 4 is 5.97 Å². The van der Waals surface area contributed by atoms with Gasteiger partial charge in [0.15, 0.2) is 0 Å². The molecule has 0 aliphatic heterocycles. The number of carbonyl (C=O) groups is 1. The van der Waals surface area contributed by atoms with Crippen molar-refractivity contribution in [2.45, 2.75) is 32.8 Å². The Hall–Kier alpha value is -1.09. The predicted molar refractivity (Wildman–Crippen MR) is 84.4 cm³/mol. The molecule has 0 heterocycles. The number of esters is 1. The van der Waals surface area contributed by atoms with E-state index >= 15 is 0 Å². The first-order valence-electron chi connectivity index (χ1n) is 7.77. The van der Waals surface area contributed by atoms with Crippen LogP contribution in [0.4, 0.5) is 0 Å². The summed E-state index contributed by atoms with van der Waals surface area (Å²) in [5.74, 6) is -0.266. The first-order chi connectivity index (χ1) is 11.0. The first kappa shape index (κ1) is 21.9. The molecule has 0 saturated carbocycles. The van der Waals surface area contributed by atoms with Gasteiger partial charge >= 0.3 is 5.97 Å². The molecule has 0 radical (unpaired) electrons. The Balaban J connectivity index is 3.16. The van der Waals surface area contributed by atoms with E-state index in [-0.39, 0.29) is 18.9 Å². The van der Waals surface area contributed by atoms with Crippen LogP contribution in [-0.4, -0.2) is 71.0 Å². The maximum atomic E-state index is 11.4. The second kappa shape index (κ2) is 14.5. The zero-order valence-corrected chi connectivity index (χ0v) is 14.4. The van der Waals surface area contributed by atoms with Crippen LogP contribution >= 0.6 is 0 Å². The molecule has 0 unspecified atom stereocenters. The minimum absolute atomic E-state index is 0.164. The van der Waals surface area contributed by atoms with Crippen LogP contribution in [0.1, 0.15) is 27.2 Å². The van der Waals surface area contributed by atoms with Gasteiger partial charge in [0.2, 0.25) is 0 Å². The predicted octanol–water partition coefficient (Wildman–Crippen LogP) is 1.55. The SMILES string of the molecule is CC(C)(C)OC(=O)CCOCCOCCOCCOCCN=O. The fourth-order valence-electron chi connectivity index (χ4n) is 1.41.